The molecule has 1 amide bonds. The molecular weight excluding hydrogens is 325 g/mol. The highest BCUT2D eigenvalue weighted by molar-refractivity contribution is 6.01. The summed E-state index contributed by atoms with van der Waals surface area (Å²) in [7, 11) is 0. The first-order valence-corrected chi connectivity index (χ1v) is 7.69. The van der Waals surface area contributed by atoms with E-state index in [1.807, 2.05) is 6.92 Å². The van der Waals surface area contributed by atoms with E-state index in [0.717, 1.165) is 0 Å². The van der Waals surface area contributed by atoms with Crippen molar-refractivity contribution in [3.63, 3.8) is 0 Å². The lowest BCUT2D eigenvalue weighted by Crippen LogP contribution is -2.20. The zero-order valence-electron chi connectivity index (χ0n) is 13.7. The number of hydrogen-bond acceptors (Lipinski definition) is 4. The maximum atomic E-state index is 13.0. The molecule has 1 N–H and O–H groups in total. The second kappa shape index (κ2) is 6.68. The third-order valence-corrected chi connectivity index (χ3v) is 3.63. The van der Waals surface area contributed by atoms with Crippen molar-refractivity contribution >= 4 is 11.6 Å². The molecule has 128 valence electrons. The lowest BCUT2D eigenvalue weighted by molar-refractivity contribution is 0.101. The highest BCUT2D eigenvalue weighted by Gasteiger charge is 2.16. The van der Waals surface area contributed by atoms with E-state index in [9.17, 15) is 14.0 Å². The van der Waals surface area contributed by atoms with E-state index in [1.54, 1.807) is 25.3 Å². The summed E-state index contributed by atoms with van der Waals surface area (Å²) in [6.45, 7) is 4.03. The fraction of sp³-hybridized carbons (Fsp3) is 0.176. The summed E-state index contributed by atoms with van der Waals surface area (Å²) in [5, 5.41) is 6.83. The quantitative estimate of drug-likeness (QED) is 0.788. The number of aromatic nitrogens is 4. The summed E-state index contributed by atoms with van der Waals surface area (Å²) in [4.78, 5) is 28.1. The van der Waals surface area contributed by atoms with Gasteiger partial charge in [-0.3, -0.25) is 9.59 Å². The second-order valence-electron chi connectivity index (χ2n) is 5.37. The van der Waals surface area contributed by atoms with Gasteiger partial charge < -0.3 is 9.88 Å². The van der Waals surface area contributed by atoms with Crippen LogP contribution in [0.15, 0.2) is 47.4 Å². The normalized spacial score (nSPS) is 10.7. The molecule has 0 atom stereocenters. The molecule has 0 aliphatic heterocycles. The molecule has 2 aromatic heterocycles. The highest BCUT2D eigenvalue weighted by Crippen LogP contribution is 2.12. The van der Waals surface area contributed by atoms with Crippen LogP contribution in [-0.2, 0) is 6.54 Å². The number of carbonyl (C=O) groups is 1. The van der Waals surface area contributed by atoms with Crippen molar-refractivity contribution in [1.29, 1.82) is 0 Å². The van der Waals surface area contributed by atoms with Crippen LogP contribution in [0.4, 0.5) is 10.1 Å². The maximum Gasteiger partial charge on any atom is 0.295 e. The van der Waals surface area contributed by atoms with Gasteiger partial charge in [0.25, 0.3) is 11.5 Å². The summed E-state index contributed by atoms with van der Waals surface area (Å²) in [5.41, 5.74) is 0.933. The zero-order chi connectivity index (χ0) is 18.0. The van der Waals surface area contributed by atoms with Crippen molar-refractivity contribution in [3.05, 3.63) is 70.4 Å². The third-order valence-electron chi connectivity index (χ3n) is 3.63. The van der Waals surface area contributed by atoms with Gasteiger partial charge in [0.1, 0.15) is 11.6 Å². The molecule has 1 aromatic carbocycles. The standard InChI is InChI=1S/C17H16FN5O2/c1-3-22-10-13(6-9-15(22)24)20-17(25)16-19-11(2)23(21-16)14-7-4-12(18)5-8-14/h4-10H,3H2,1-2H3,(H,20,25). The Morgan fingerprint density at radius 2 is 1.92 bits per heavy atom. The summed E-state index contributed by atoms with van der Waals surface area (Å²) in [6, 6.07) is 8.63. The van der Waals surface area contributed by atoms with Crippen LogP contribution in [0.3, 0.4) is 0 Å². The number of benzene rings is 1. The van der Waals surface area contributed by atoms with Gasteiger partial charge in [-0.2, -0.15) is 0 Å². The molecule has 0 aliphatic rings. The van der Waals surface area contributed by atoms with Gasteiger partial charge in [0.05, 0.1) is 11.4 Å². The van der Waals surface area contributed by atoms with Gasteiger partial charge in [-0.05, 0) is 44.2 Å². The van der Waals surface area contributed by atoms with Crippen molar-refractivity contribution in [2.45, 2.75) is 20.4 Å². The van der Waals surface area contributed by atoms with E-state index in [0.29, 0.717) is 23.7 Å². The molecular formula is C17H16FN5O2. The molecule has 0 saturated heterocycles. The van der Waals surface area contributed by atoms with Gasteiger partial charge in [0.2, 0.25) is 5.82 Å². The average Bonchev–Trinajstić information content (AvgIpc) is 2.99. The van der Waals surface area contributed by atoms with Gasteiger partial charge in [-0.15, -0.1) is 5.10 Å². The van der Waals surface area contributed by atoms with Gasteiger partial charge in [0, 0.05) is 18.8 Å². The Kier molecular flexibility index (Phi) is 4.42. The summed E-state index contributed by atoms with van der Waals surface area (Å²) >= 11 is 0. The van der Waals surface area contributed by atoms with Crippen LogP contribution in [0, 0.1) is 12.7 Å². The SMILES string of the molecule is CCn1cc(NC(=O)c2nc(C)n(-c3ccc(F)cc3)n2)ccc1=O. The largest absolute Gasteiger partial charge is 0.318 e. The van der Waals surface area contributed by atoms with Crippen LogP contribution in [-0.4, -0.2) is 25.2 Å². The number of carbonyl (C=O) groups excluding carboxylic acids is 1. The molecule has 0 unspecified atom stereocenters. The lowest BCUT2D eigenvalue weighted by atomic mass is 10.3. The number of nitrogens with zero attached hydrogens (tertiary/aromatic N) is 4. The predicted molar refractivity (Wildman–Crippen MR) is 90.4 cm³/mol. The minimum absolute atomic E-state index is 0.0175. The fourth-order valence-electron chi connectivity index (χ4n) is 2.35. The average molecular weight is 341 g/mol. The number of amides is 1. The molecule has 0 saturated carbocycles. The number of hydrogen-bond donors (Lipinski definition) is 1. The Hall–Kier alpha value is -3.29. The molecule has 0 radical (unpaired) electrons. The molecule has 3 rings (SSSR count). The van der Waals surface area contributed by atoms with Crippen molar-refractivity contribution in [3.8, 4) is 5.69 Å². The molecule has 7 nitrogen and oxygen atoms in total. The molecule has 25 heavy (non-hydrogen) atoms. The molecule has 0 bridgehead atoms. The second-order valence-corrected chi connectivity index (χ2v) is 5.37. The Morgan fingerprint density at radius 3 is 2.60 bits per heavy atom. The van der Waals surface area contributed by atoms with Crippen molar-refractivity contribution in [1.82, 2.24) is 19.3 Å². The molecule has 2 heterocycles. The molecule has 8 heteroatoms. The van der Waals surface area contributed by atoms with Crippen LogP contribution in [0.1, 0.15) is 23.4 Å². The topological polar surface area (TPSA) is 81.8 Å². The smallest absolute Gasteiger partial charge is 0.295 e. The number of aryl methyl sites for hydroxylation is 2. The van der Waals surface area contributed by atoms with Crippen LogP contribution in [0.2, 0.25) is 0 Å². The van der Waals surface area contributed by atoms with Crippen LogP contribution in [0.5, 0.6) is 0 Å². The van der Waals surface area contributed by atoms with Gasteiger partial charge >= 0.3 is 0 Å². The van der Waals surface area contributed by atoms with Gasteiger partial charge in [-0.1, -0.05) is 0 Å². The predicted octanol–water partition coefficient (Wildman–Crippen LogP) is 2.15. The van der Waals surface area contributed by atoms with Crippen molar-refractivity contribution in [2.24, 2.45) is 0 Å². The van der Waals surface area contributed by atoms with E-state index >= 15 is 0 Å². The minimum atomic E-state index is -0.495. The molecule has 0 spiro atoms. The van der Waals surface area contributed by atoms with Crippen molar-refractivity contribution < 1.29 is 9.18 Å². The number of anilines is 1. The van der Waals surface area contributed by atoms with Gasteiger partial charge in [0.15, 0.2) is 0 Å². The van der Waals surface area contributed by atoms with E-state index in [-0.39, 0.29) is 17.2 Å². The zero-order valence-corrected chi connectivity index (χ0v) is 13.7. The number of pyridine rings is 1. The van der Waals surface area contributed by atoms with E-state index < -0.39 is 5.91 Å². The summed E-state index contributed by atoms with van der Waals surface area (Å²) in [6.07, 6.45) is 1.56. The Balaban J connectivity index is 1.85. The van der Waals surface area contributed by atoms with Crippen molar-refractivity contribution in [2.75, 3.05) is 5.32 Å². The minimum Gasteiger partial charge on any atom is -0.318 e. The molecule has 0 aliphatic carbocycles. The lowest BCUT2D eigenvalue weighted by Gasteiger charge is -2.06. The Morgan fingerprint density at radius 1 is 1.20 bits per heavy atom. The maximum absolute atomic E-state index is 13.0. The first-order valence-electron chi connectivity index (χ1n) is 7.69. The highest BCUT2D eigenvalue weighted by atomic mass is 19.1. The number of halogens is 1. The van der Waals surface area contributed by atoms with Crippen LogP contribution < -0.4 is 10.9 Å². The summed E-state index contributed by atoms with van der Waals surface area (Å²) < 4.78 is 16.0. The first kappa shape index (κ1) is 16.6. The monoisotopic (exact) mass is 341 g/mol. The van der Waals surface area contributed by atoms with E-state index in [2.05, 4.69) is 15.4 Å². The fourth-order valence-corrected chi connectivity index (χ4v) is 2.35. The van der Waals surface area contributed by atoms with Crippen LogP contribution in [0.25, 0.3) is 5.69 Å². The molecule has 3 aromatic rings. The van der Waals surface area contributed by atoms with E-state index in [4.69, 9.17) is 0 Å². The van der Waals surface area contributed by atoms with Gasteiger partial charge in [-0.25, -0.2) is 14.1 Å². The number of nitrogens with one attached hydrogen (secondary N) is 1. The molecule has 0 fully saturated rings. The summed E-state index contributed by atoms with van der Waals surface area (Å²) in [5.74, 6) is -0.373. The first-order chi connectivity index (χ1) is 12.0. The van der Waals surface area contributed by atoms with Crippen LogP contribution >= 0.6 is 0 Å². The van der Waals surface area contributed by atoms with E-state index in [1.165, 1.54) is 33.5 Å². The Bertz CT molecular complexity index is 975. The third kappa shape index (κ3) is 3.47. The number of rotatable bonds is 4. The Labute approximate surface area is 142 Å².